The van der Waals surface area contributed by atoms with Crippen LogP contribution in [0.5, 0.6) is 0 Å². The van der Waals surface area contributed by atoms with Crippen LogP contribution < -0.4 is 0 Å². The lowest BCUT2D eigenvalue weighted by Crippen LogP contribution is -1.84. The Morgan fingerprint density at radius 2 is 2.29 bits per heavy atom. The molecule has 0 amide bonds. The zero-order chi connectivity index (χ0) is 10.1. The standard InChI is InChI=1S/C11H9ClOS/c1-7-2-3-8(5-13)11-10(7)9(4-12)6-14-11/h2-3,5-6H,4H2,1H3. The van der Waals surface area contributed by atoms with Gasteiger partial charge in [-0.3, -0.25) is 4.79 Å². The van der Waals surface area contributed by atoms with E-state index in [9.17, 15) is 4.79 Å². The van der Waals surface area contributed by atoms with Gasteiger partial charge in [-0.05, 0) is 29.5 Å². The van der Waals surface area contributed by atoms with E-state index >= 15 is 0 Å². The van der Waals surface area contributed by atoms with Crippen LogP contribution in [0.2, 0.25) is 0 Å². The van der Waals surface area contributed by atoms with Crippen molar-refractivity contribution in [1.82, 2.24) is 0 Å². The minimum atomic E-state index is 0.503. The maximum atomic E-state index is 10.8. The van der Waals surface area contributed by atoms with Gasteiger partial charge >= 0.3 is 0 Å². The molecule has 2 aromatic rings. The lowest BCUT2D eigenvalue weighted by atomic mass is 10.1. The fourth-order valence-electron chi connectivity index (χ4n) is 1.60. The molecule has 1 heterocycles. The molecule has 0 aliphatic carbocycles. The fourth-order valence-corrected chi connectivity index (χ4v) is 3.03. The molecular formula is C11H9ClOS. The summed E-state index contributed by atoms with van der Waals surface area (Å²) in [6.07, 6.45) is 0.899. The number of alkyl halides is 1. The molecule has 0 aliphatic heterocycles. The number of aldehydes is 1. The largest absolute Gasteiger partial charge is 0.298 e. The SMILES string of the molecule is Cc1ccc(C=O)c2scc(CCl)c12. The fraction of sp³-hybridized carbons (Fsp3) is 0.182. The summed E-state index contributed by atoms with van der Waals surface area (Å²) in [5, 5.41) is 3.17. The second-order valence-corrected chi connectivity index (χ2v) is 4.34. The molecule has 0 atom stereocenters. The molecule has 0 bridgehead atoms. The second kappa shape index (κ2) is 3.71. The quantitative estimate of drug-likeness (QED) is 0.561. The zero-order valence-electron chi connectivity index (χ0n) is 7.71. The molecule has 14 heavy (non-hydrogen) atoms. The molecule has 2 rings (SSSR count). The van der Waals surface area contributed by atoms with E-state index in [1.807, 2.05) is 24.4 Å². The smallest absolute Gasteiger partial charge is 0.151 e. The van der Waals surface area contributed by atoms with Gasteiger partial charge in [0.1, 0.15) is 0 Å². The zero-order valence-corrected chi connectivity index (χ0v) is 9.28. The van der Waals surface area contributed by atoms with E-state index in [4.69, 9.17) is 11.6 Å². The molecule has 0 fully saturated rings. The number of hydrogen-bond donors (Lipinski definition) is 0. The maximum absolute atomic E-state index is 10.8. The predicted octanol–water partition coefficient (Wildman–Crippen LogP) is 3.76. The first-order valence-corrected chi connectivity index (χ1v) is 5.70. The van der Waals surface area contributed by atoms with Crippen LogP contribution in [0, 0.1) is 6.92 Å². The average Bonchev–Trinajstić information content (AvgIpc) is 2.63. The first-order valence-electron chi connectivity index (χ1n) is 4.28. The van der Waals surface area contributed by atoms with Gasteiger partial charge in [0.2, 0.25) is 0 Å². The van der Waals surface area contributed by atoms with Gasteiger partial charge in [0, 0.05) is 21.5 Å². The highest BCUT2D eigenvalue weighted by Gasteiger charge is 2.09. The van der Waals surface area contributed by atoms with Crippen LogP contribution in [-0.2, 0) is 5.88 Å². The van der Waals surface area contributed by atoms with Crippen molar-refractivity contribution in [1.29, 1.82) is 0 Å². The Morgan fingerprint density at radius 1 is 1.50 bits per heavy atom. The van der Waals surface area contributed by atoms with Crippen LogP contribution in [0.15, 0.2) is 17.5 Å². The minimum Gasteiger partial charge on any atom is -0.298 e. The predicted molar refractivity (Wildman–Crippen MR) is 61.5 cm³/mol. The summed E-state index contributed by atoms with van der Waals surface area (Å²) in [4.78, 5) is 10.8. The highest BCUT2D eigenvalue weighted by atomic mass is 35.5. The summed E-state index contributed by atoms with van der Waals surface area (Å²) in [6, 6.07) is 3.83. The van der Waals surface area contributed by atoms with Gasteiger partial charge in [0.25, 0.3) is 0 Å². The second-order valence-electron chi connectivity index (χ2n) is 3.19. The normalized spacial score (nSPS) is 10.7. The van der Waals surface area contributed by atoms with Crippen LogP contribution >= 0.6 is 22.9 Å². The van der Waals surface area contributed by atoms with Crippen molar-refractivity contribution in [3.8, 4) is 0 Å². The van der Waals surface area contributed by atoms with E-state index in [2.05, 4.69) is 0 Å². The van der Waals surface area contributed by atoms with Crippen molar-refractivity contribution in [2.45, 2.75) is 12.8 Å². The molecule has 0 N–H and O–H groups in total. The molecule has 0 saturated carbocycles. The van der Waals surface area contributed by atoms with Crippen molar-refractivity contribution < 1.29 is 4.79 Å². The third kappa shape index (κ3) is 1.35. The number of carbonyl (C=O) groups is 1. The van der Waals surface area contributed by atoms with Gasteiger partial charge in [-0.2, -0.15) is 0 Å². The molecule has 0 radical (unpaired) electrons. The number of halogens is 1. The number of hydrogen-bond acceptors (Lipinski definition) is 2. The molecule has 3 heteroatoms. The Hall–Kier alpha value is -0.860. The minimum absolute atomic E-state index is 0.503. The van der Waals surface area contributed by atoms with Crippen LogP contribution in [0.1, 0.15) is 21.5 Å². The van der Waals surface area contributed by atoms with E-state index in [1.165, 1.54) is 5.56 Å². The van der Waals surface area contributed by atoms with Crippen LogP contribution in [-0.4, -0.2) is 6.29 Å². The van der Waals surface area contributed by atoms with E-state index in [0.29, 0.717) is 5.88 Å². The molecule has 0 unspecified atom stereocenters. The van der Waals surface area contributed by atoms with Crippen LogP contribution in [0.4, 0.5) is 0 Å². The van der Waals surface area contributed by atoms with Crippen LogP contribution in [0.3, 0.4) is 0 Å². The molecule has 0 saturated heterocycles. The van der Waals surface area contributed by atoms with E-state index in [0.717, 1.165) is 27.5 Å². The van der Waals surface area contributed by atoms with Crippen molar-refractivity contribution in [2.75, 3.05) is 0 Å². The summed E-state index contributed by atoms with van der Waals surface area (Å²) in [6.45, 7) is 2.04. The first kappa shape index (κ1) is 9.69. The van der Waals surface area contributed by atoms with Gasteiger partial charge in [-0.15, -0.1) is 22.9 Å². The van der Waals surface area contributed by atoms with Gasteiger partial charge in [-0.25, -0.2) is 0 Å². The van der Waals surface area contributed by atoms with E-state index < -0.39 is 0 Å². The summed E-state index contributed by atoms with van der Waals surface area (Å²) in [7, 11) is 0. The number of benzene rings is 1. The van der Waals surface area contributed by atoms with E-state index in [1.54, 1.807) is 11.3 Å². The van der Waals surface area contributed by atoms with Gasteiger partial charge in [0.15, 0.2) is 6.29 Å². The molecule has 1 aromatic heterocycles. The number of aryl methyl sites for hydroxylation is 1. The molecule has 72 valence electrons. The molecule has 0 aliphatic rings. The third-order valence-corrected chi connectivity index (χ3v) is 3.67. The van der Waals surface area contributed by atoms with Crippen molar-refractivity contribution in [3.05, 3.63) is 34.2 Å². The molecule has 1 aromatic carbocycles. The Balaban J connectivity index is 2.86. The molecule has 0 spiro atoms. The van der Waals surface area contributed by atoms with Gasteiger partial charge < -0.3 is 0 Å². The monoisotopic (exact) mass is 224 g/mol. The summed E-state index contributed by atoms with van der Waals surface area (Å²) in [5.74, 6) is 0.503. The first-order chi connectivity index (χ1) is 6.77. The number of fused-ring (bicyclic) bond motifs is 1. The number of rotatable bonds is 2. The number of carbonyl (C=O) groups excluding carboxylic acids is 1. The Morgan fingerprint density at radius 3 is 2.93 bits per heavy atom. The van der Waals surface area contributed by atoms with Crippen LogP contribution in [0.25, 0.3) is 10.1 Å². The summed E-state index contributed by atoms with van der Waals surface area (Å²) in [5.41, 5.74) is 3.06. The average molecular weight is 225 g/mol. The highest BCUT2D eigenvalue weighted by Crippen LogP contribution is 2.32. The lowest BCUT2D eigenvalue weighted by molar-refractivity contribution is 0.112. The maximum Gasteiger partial charge on any atom is 0.151 e. The number of thiophene rings is 1. The van der Waals surface area contributed by atoms with Crippen molar-refractivity contribution in [2.24, 2.45) is 0 Å². The summed E-state index contributed by atoms with van der Waals surface area (Å²) >= 11 is 7.42. The molecule has 1 nitrogen and oxygen atoms in total. The molecular weight excluding hydrogens is 216 g/mol. The van der Waals surface area contributed by atoms with Crippen molar-refractivity contribution in [3.63, 3.8) is 0 Å². The Kier molecular flexibility index (Phi) is 2.57. The Bertz CT molecular complexity index is 487. The third-order valence-electron chi connectivity index (χ3n) is 2.31. The van der Waals surface area contributed by atoms with E-state index in [-0.39, 0.29) is 0 Å². The van der Waals surface area contributed by atoms with Gasteiger partial charge in [0.05, 0.1) is 0 Å². The topological polar surface area (TPSA) is 17.1 Å². The lowest BCUT2D eigenvalue weighted by Gasteiger charge is -2.00. The highest BCUT2D eigenvalue weighted by molar-refractivity contribution is 7.17. The summed E-state index contributed by atoms with van der Waals surface area (Å²) < 4.78 is 1.05. The van der Waals surface area contributed by atoms with Gasteiger partial charge in [-0.1, -0.05) is 6.07 Å². The van der Waals surface area contributed by atoms with Crippen molar-refractivity contribution >= 4 is 39.3 Å². The Labute approximate surface area is 91.3 Å².